The Balaban J connectivity index is 2.09. The largest absolute Gasteiger partial charge is 0.497 e. The summed E-state index contributed by atoms with van der Waals surface area (Å²) < 4.78 is 15.7. The van der Waals surface area contributed by atoms with Crippen LogP contribution in [0.2, 0.25) is 0 Å². The Bertz CT molecular complexity index is 760. The number of carbonyl (C=O) groups excluding carboxylic acids is 1. The minimum absolute atomic E-state index is 0.120. The number of non-ortho nitro benzene ring substituents is 1. The molecule has 1 N–H and O–H groups in total. The van der Waals surface area contributed by atoms with Crippen molar-refractivity contribution in [2.45, 2.75) is 13.0 Å². The van der Waals surface area contributed by atoms with Crippen molar-refractivity contribution in [2.75, 3.05) is 19.5 Å². The Morgan fingerprint density at radius 1 is 1.08 bits per heavy atom. The van der Waals surface area contributed by atoms with Crippen LogP contribution in [0.15, 0.2) is 42.5 Å². The van der Waals surface area contributed by atoms with E-state index in [1.54, 1.807) is 31.4 Å². The maximum absolute atomic E-state index is 12.2. The number of nitro benzene ring substituents is 1. The summed E-state index contributed by atoms with van der Waals surface area (Å²) in [6.45, 7) is 1.54. The number of nitrogens with one attached hydrogen (secondary N) is 1. The number of benzene rings is 2. The van der Waals surface area contributed by atoms with Crippen molar-refractivity contribution in [2.24, 2.45) is 0 Å². The van der Waals surface area contributed by atoms with E-state index in [1.165, 1.54) is 32.2 Å². The Morgan fingerprint density at radius 2 is 1.76 bits per heavy atom. The van der Waals surface area contributed by atoms with E-state index in [0.29, 0.717) is 17.2 Å². The fourth-order valence-electron chi connectivity index (χ4n) is 2.03. The standard InChI is InChI=1S/C17H18N2O6/c1-11(17(20)18-12-4-7-14(23-2)8-5-12)25-16-10-13(19(21)22)6-9-15(16)24-3/h4-11H,1-3H3,(H,18,20)/t11-/m1/s1. The summed E-state index contributed by atoms with van der Waals surface area (Å²) in [7, 11) is 2.96. The zero-order valence-corrected chi connectivity index (χ0v) is 14.0. The SMILES string of the molecule is COc1ccc(NC(=O)[C@@H](C)Oc2cc([N+](=O)[O-])ccc2OC)cc1. The molecule has 8 heteroatoms. The van der Waals surface area contributed by atoms with E-state index in [1.807, 2.05) is 0 Å². The molecule has 0 spiro atoms. The zero-order chi connectivity index (χ0) is 18.4. The lowest BCUT2D eigenvalue weighted by atomic mass is 10.2. The topological polar surface area (TPSA) is 99.9 Å². The summed E-state index contributed by atoms with van der Waals surface area (Å²) in [5.41, 5.74) is 0.422. The second-order valence-electron chi connectivity index (χ2n) is 5.07. The summed E-state index contributed by atoms with van der Waals surface area (Å²) in [6.07, 6.45) is -0.891. The molecule has 0 heterocycles. The number of anilines is 1. The first-order valence-corrected chi connectivity index (χ1v) is 7.38. The number of amides is 1. The predicted octanol–water partition coefficient (Wildman–Crippen LogP) is 3.02. The summed E-state index contributed by atoms with van der Waals surface area (Å²) in [6, 6.07) is 10.7. The molecule has 0 saturated heterocycles. The molecule has 0 fully saturated rings. The Kier molecular flexibility index (Phi) is 5.78. The average molecular weight is 346 g/mol. The van der Waals surface area contributed by atoms with Crippen LogP contribution >= 0.6 is 0 Å². The van der Waals surface area contributed by atoms with Crippen LogP contribution < -0.4 is 19.5 Å². The van der Waals surface area contributed by atoms with Gasteiger partial charge in [-0.1, -0.05) is 0 Å². The molecule has 0 aliphatic heterocycles. The number of methoxy groups -OCH3 is 2. The molecule has 0 unspecified atom stereocenters. The van der Waals surface area contributed by atoms with Crippen LogP contribution in [0.5, 0.6) is 17.2 Å². The number of hydrogen-bond donors (Lipinski definition) is 1. The molecule has 2 aromatic rings. The third kappa shape index (κ3) is 4.60. The van der Waals surface area contributed by atoms with E-state index >= 15 is 0 Å². The van der Waals surface area contributed by atoms with Gasteiger partial charge < -0.3 is 19.5 Å². The summed E-state index contributed by atoms with van der Waals surface area (Å²) in [5, 5.41) is 13.6. The van der Waals surface area contributed by atoms with E-state index in [-0.39, 0.29) is 11.4 Å². The summed E-state index contributed by atoms with van der Waals surface area (Å²) in [4.78, 5) is 22.6. The van der Waals surface area contributed by atoms with Crippen LogP contribution in [-0.4, -0.2) is 31.2 Å². The molecule has 0 saturated carbocycles. The maximum Gasteiger partial charge on any atom is 0.273 e. The Labute approximate surface area is 144 Å². The molecule has 0 bridgehead atoms. The van der Waals surface area contributed by atoms with Crippen molar-refractivity contribution < 1.29 is 23.9 Å². The molecule has 1 amide bonds. The second kappa shape index (κ2) is 8.00. The molecule has 132 valence electrons. The van der Waals surface area contributed by atoms with Crippen LogP contribution in [0, 0.1) is 10.1 Å². The van der Waals surface area contributed by atoms with Gasteiger partial charge in [-0.05, 0) is 37.3 Å². The van der Waals surface area contributed by atoms with Crippen molar-refractivity contribution in [3.8, 4) is 17.2 Å². The predicted molar refractivity (Wildman–Crippen MR) is 91.4 cm³/mol. The highest BCUT2D eigenvalue weighted by molar-refractivity contribution is 5.94. The third-order valence-electron chi connectivity index (χ3n) is 3.39. The third-order valence-corrected chi connectivity index (χ3v) is 3.39. The number of ether oxygens (including phenoxy) is 3. The molecular weight excluding hydrogens is 328 g/mol. The number of hydrogen-bond acceptors (Lipinski definition) is 6. The van der Waals surface area contributed by atoms with Crippen molar-refractivity contribution in [3.63, 3.8) is 0 Å². The molecule has 2 aromatic carbocycles. The fourth-order valence-corrected chi connectivity index (χ4v) is 2.03. The van der Waals surface area contributed by atoms with Gasteiger partial charge in [0.2, 0.25) is 0 Å². The normalized spacial score (nSPS) is 11.3. The van der Waals surface area contributed by atoms with Crippen molar-refractivity contribution in [1.82, 2.24) is 0 Å². The number of carbonyl (C=O) groups is 1. The van der Waals surface area contributed by atoms with Gasteiger partial charge in [-0.15, -0.1) is 0 Å². The monoisotopic (exact) mass is 346 g/mol. The first-order valence-electron chi connectivity index (χ1n) is 7.38. The van der Waals surface area contributed by atoms with E-state index in [4.69, 9.17) is 14.2 Å². The van der Waals surface area contributed by atoms with E-state index < -0.39 is 16.9 Å². The van der Waals surface area contributed by atoms with Gasteiger partial charge in [0.15, 0.2) is 17.6 Å². The smallest absolute Gasteiger partial charge is 0.273 e. The molecular formula is C17H18N2O6. The Morgan fingerprint density at radius 3 is 2.32 bits per heavy atom. The minimum Gasteiger partial charge on any atom is -0.497 e. The first kappa shape index (κ1) is 18.1. The van der Waals surface area contributed by atoms with Gasteiger partial charge in [0.05, 0.1) is 25.2 Å². The molecule has 25 heavy (non-hydrogen) atoms. The highest BCUT2D eigenvalue weighted by atomic mass is 16.6. The van der Waals surface area contributed by atoms with Gasteiger partial charge in [-0.2, -0.15) is 0 Å². The van der Waals surface area contributed by atoms with Crippen molar-refractivity contribution in [3.05, 3.63) is 52.6 Å². The number of nitro groups is 1. The molecule has 0 aliphatic rings. The van der Waals surface area contributed by atoms with Crippen LogP contribution in [0.4, 0.5) is 11.4 Å². The van der Waals surface area contributed by atoms with Crippen LogP contribution in [-0.2, 0) is 4.79 Å². The molecule has 0 radical (unpaired) electrons. The average Bonchev–Trinajstić information content (AvgIpc) is 2.62. The Hall–Kier alpha value is -3.29. The highest BCUT2D eigenvalue weighted by Gasteiger charge is 2.19. The molecule has 1 atom stereocenters. The van der Waals surface area contributed by atoms with Gasteiger partial charge in [0.1, 0.15) is 5.75 Å². The van der Waals surface area contributed by atoms with E-state index in [2.05, 4.69) is 5.32 Å². The minimum atomic E-state index is -0.891. The fraction of sp³-hybridized carbons (Fsp3) is 0.235. The zero-order valence-electron chi connectivity index (χ0n) is 14.0. The molecule has 0 aromatic heterocycles. The van der Waals surface area contributed by atoms with Gasteiger partial charge in [-0.25, -0.2) is 0 Å². The van der Waals surface area contributed by atoms with Crippen molar-refractivity contribution in [1.29, 1.82) is 0 Å². The highest BCUT2D eigenvalue weighted by Crippen LogP contribution is 2.32. The second-order valence-corrected chi connectivity index (χ2v) is 5.07. The van der Waals surface area contributed by atoms with Gasteiger partial charge in [-0.3, -0.25) is 14.9 Å². The number of rotatable bonds is 7. The van der Waals surface area contributed by atoms with Gasteiger partial charge in [0.25, 0.3) is 11.6 Å². The lowest BCUT2D eigenvalue weighted by Crippen LogP contribution is -2.30. The maximum atomic E-state index is 12.2. The van der Waals surface area contributed by atoms with E-state index in [9.17, 15) is 14.9 Å². The molecule has 0 aliphatic carbocycles. The molecule has 8 nitrogen and oxygen atoms in total. The molecule has 2 rings (SSSR count). The lowest BCUT2D eigenvalue weighted by Gasteiger charge is -2.16. The quantitative estimate of drug-likeness (QED) is 0.611. The van der Waals surface area contributed by atoms with Crippen molar-refractivity contribution >= 4 is 17.3 Å². The number of nitrogens with zero attached hydrogens (tertiary/aromatic N) is 1. The van der Waals surface area contributed by atoms with Crippen LogP contribution in [0.25, 0.3) is 0 Å². The van der Waals surface area contributed by atoms with Gasteiger partial charge in [0, 0.05) is 11.8 Å². The van der Waals surface area contributed by atoms with Crippen LogP contribution in [0.3, 0.4) is 0 Å². The van der Waals surface area contributed by atoms with Gasteiger partial charge >= 0.3 is 0 Å². The summed E-state index contributed by atoms with van der Waals surface area (Å²) in [5.74, 6) is 0.686. The first-order chi connectivity index (χ1) is 11.9. The lowest BCUT2D eigenvalue weighted by molar-refractivity contribution is -0.385. The van der Waals surface area contributed by atoms with Crippen LogP contribution in [0.1, 0.15) is 6.92 Å². The van der Waals surface area contributed by atoms with E-state index in [0.717, 1.165) is 0 Å². The summed E-state index contributed by atoms with van der Waals surface area (Å²) >= 11 is 0.